The smallest absolute Gasteiger partial charge is 0.672 e. The minimum Gasteiger partial charge on any atom is -0.672 e. The van der Waals surface area contributed by atoms with Gasteiger partial charge >= 0.3 is 51.4 Å². The molecule has 0 amide bonds. The van der Waals surface area contributed by atoms with Crippen LogP contribution in [0.5, 0.6) is 0 Å². The van der Waals surface area contributed by atoms with E-state index in [9.17, 15) is 18.3 Å². The Kier molecular flexibility index (Phi) is 6.72. The minimum atomic E-state index is -3.63. The van der Waals surface area contributed by atoms with E-state index in [1.165, 1.54) is 6.07 Å². The van der Waals surface area contributed by atoms with Gasteiger partial charge in [0.25, 0.3) is 5.92 Å². The van der Waals surface area contributed by atoms with Crippen LogP contribution in [-0.4, -0.2) is 17.6 Å². The molecular formula is C10H11F3KNO. The number of aliphatic hydroxyl groups is 1. The molecule has 1 aromatic rings. The molecule has 0 fully saturated rings. The summed E-state index contributed by atoms with van der Waals surface area (Å²) >= 11 is 0. The molecule has 84 valence electrons. The van der Waals surface area contributed by atoms with Crippen LogP contribution >= 0.6 is 0 Å². The number of nitrogens with one attached hydrogen (secondary N) is 1. The second-order valence-corrected chi connectivity index (χ2v) is 3.37. The van der Waals surface area contributed by atoms with E-state index in [0.29, 0.717) is 5.56 Å². The van der Waals surface area contributed by atoms with Gasteiger partial charge in [-0.15, -0.1) is 0 Å². The molecule has 2 N–H and O–H groups in total. The summed E-state index contributed by atoms with van der Waals surface area (Å²) in [5.41, 5.74) is 6.67. The summed E-state index contributed by atoms with van der Waals surface area (Å²) < 4.78 is 39.0. The number of aliphatic hydroxyl groups excluding tert-OH is 1. The molecule has 1 atom stereocenters. The second kappa shape index (κ2) is 6.49. The molecule has 0 saturated carbocycles. The average Bonchev–Trinajstić information content (AvgIpc) is 2.17. The predicted octanol–water partition coefficient (Wildman–Crippen LogP) is -0.141. The van der Waals surface area contributed by atoms with Crippen molar-refractivity contribution < 1.29 is 69.7 Å². The summed E-state index contributed by atoms with van der Waals surface area (Å²) in [7, 11) is 0. The summed E-state index contributed by atoms with van der Waals surface area (Å²) in [4.78, 5) is 0. The van der Waals surface area contributed by atoms with E-state index in [4.69, 9.17) is 5.73 Å². The summed E-state index contributed by atoms with van der Waals surface area (Å²) in [6.45, 7) is 0.337. The molecule has 1 aromatic carbocycles. The van der Waals surface area contributed by atoms with Crippen LogP contribution < -0.4 is 51.4 Å². The number of aryl methyl sites for hydroxylation is 1. The van der Waals surface area contributed by atoms with Gasteiger partial charge in [0.15, 0.2) is 0 Å². The maximum absolute atomic E-state index is 13.2. The van der Waals surface area contributed by atoms with Gasteiger partial charge in [-0.25, -0.2) is 13.2 Å². The van der Waals surface area contributed by atoms with Crippen molar-refractivity contribution in [2.45, 2.75) is 19.0 Å². The van der Waals surface area contributed by atoms with Crippen LogP contribution in [0.2, 0.25) is 0 Å². The molecule has 0 heterocycles. The molecule has 0 spiro atoms. The van der Waals surface area contributed by atoms with Gasteiger partial charge in [0.05, 0.1) is 0 Å². The fourth-order valence-corrected chi connectivity index (χ4v) is 1.18. The molecule has 0 aromatic heterocycles. The standard InChI is InChI=1S/C10H11F3NO.K/c1-6-2-3-7(8(11)4-6)9(15)10(12,13)5-14;/h2-4,9,14-15H,5H2,1H3;/q-1;+1. The van der Waals surface area contributed by atoms with Crippen molar-refractivity contribution >= 4 is 0 Å². The molecular weight excluding hydrogens is 246 g/mol. The van der Waals surface area contributed by atoms with Gasteiger partial charge < -0.3 is 10.8 Å². The Labute approximate surface area is 134 Å². The van der Waals surface area contributed by atoms with Crippen molar-refractivity contribution in [2.24, 2.45) is 0 Å². The van der Waals surface area contributed by atoms with Crippen molar-refractivity contribution in [1.82, 2.24) is 0 Å². The van der Waals surface area contributed by atoms with Gasteiger partial charge in [0, 0.05) is 5.56 Å². The zero-order valence-electron chi connectivity index (χ0n) is 9.10. The Morgan fingerprint density at radius 2 is 2.00 bits per heavy atom. The topological polar surface area (TPSA) is 44.0 Å². The molecule has 0 radical (unpaired) electrons. The normalized spacial score (nSPS) is 13.1. The first-order chi connectivity index (χ1) is 6.88. The van der Waals surface area contributed by atoms with Gasteiger partial charge in [-0.05, 0) is 18.6 Å². The number of hydrogen-bond donors (Lipinski definition) is 1. The second-order valence-electron chi connectivity index (χ2n) is 3.37. The Balaban J connectivity index is 0.00000225. The van der Waals surface area contributed by atoms with Gasteiger partial charge in [0.2, 0.25) is 0 Å². The van der Waals surface area contributed by atoms with E-state index >= 15 is 0 Å². The number of benzene rings is 1. The van der Waals surface area contributed by atoms with E-state index in [0.717, 1.165) is 12.1 Å². The van der Waals surface area contributed by atoms with Gasteiger partial charge in [-0.3, -0.25) is 0 Å². The Hall–Kier alpha value is 0.566. The van der Waals surface area contributed by atoms with Gasteiger partial charge in [0.1, 0.15) is 11.9 Å². The quantitative estimate of drug-likeness (QED) is 0.753. The summed E-state index contributed by atoms with van der Waals surface area (Å²) in [6.07, 6.45) is -2.27. The Morgan fingerprint density at radius 1 is 1.44 bits per heavy atom. The molecule has 1 unspecified atom stereocenters. The van der Waals surface area contributed by atoms with E-state index in [-0.39, 0.29) is 51.4 Å². The van der Waals surface area contributed by atoms with Crippen molar-refractivity contribution in [2.75, 3.05) is 6.54 Å². The van der Waals surface area contributed by atoms with Crippen LogP contribution in [0.1, 0.15) is 17.2 Å². The third-order valence-corrected chi connectivity index (χ3v) is 2.09. The summed E-state index contributed by atoms with van der Waals surface area (Å²) in [5.74, 6) is -4.51. The van der Waals surface area contributed by atoms with E-state index in [1.807, 2.05) is 0 Å². The van der Waals surface area contributed by atoms with Crippen molar-refractivity contribution in [3.63, 3.8) is 0 Å². The zero-order chi connectivity index (χ0) is 11.6. The van der Waals surface area contributed by atoms with Crippen LogP contribution in [0.3, 0.4) is 0 Å². The number of halogens is 3. The molecule has 2 nitrogen and oxygen atoms in total. The minimum absolute atomic E-state index is 0. The molecule has 0 bridgehead atoms. The SMILES string of the molecule is Cc1ccc(C(O)C(F)(F)C[NH-])c(F)c1.[K+]. The maximum Gasteiger partial charge on any atom is 1.00 e. The fourth-order valence-electron chi connectivity index (χ4n) is 1.18. The predicted molar refractivity (Wildman–Crippen MR) is 50.2 cm³/mol. The van der Waals surface area contributed by atoms with Gasteiger partial charge in [-0.1, -0.05) is 18.7 Å². The summed E-state index contributed by atoms with van der Waals surface area (Å²) in [5, 5.41) is 9.21. The van der Waals surface area contributed by atoms with E-state index in [1.54, 1.807) is 6.92 Å². The third kappa shape index (κ3) is 3.80. The molecule has 0 aliphatic heterocycles. The van der Waals surface area contributed by atoms with E-state index in [2.05, 4.69) is 0 Å². The number of rotatable bonds is 3. The third-order valence-electron chi connectivity index (χ3n) is 2.09. The zero-order valence-corrected chi connectivity index (χ0v) is 12.2. The van der Waals surface area contributed by atoms with Crippen molar-refractivity contribution in [1.29, 1.82) is 0 Å². The van der Waals surface area contributed by atoms with Gasteiger partial charge in [-0.2, -0.15) is 0 Å². The molecule has 6 heteroatoms. The number of alkyl halides is 2. The van der Waals surface area contributed by atoms with E-state index < -0.39 is 30.0 Å². The summed E-state index contributed by atoms with van der Waals surface area (Å²) in [6, 6.07) is 3.61. The van der Waals surface area contributed by atoms with Crippen LogP contribution in [0, 0.1) is 12.7 Å². The van der Waals surface area contributed by atoms with Crippen LogP contribution in [-0.2, 0) is 0 Å². The average molecular weight is 257 g/mol. The fraction of sp³-hybridized carbons (Fsp3) is 0.400. The van der Waals surface area contributed by atoms with Crippen molar-refractivity contribution in [3.05, 3.63) is 40.9 Å². The molecule has 0 aliphatic carbocycles. The Morgan fingerprint density at radius 3 is 2.44 bits per heavy atom. The first-order valence-electron chi connectivity index (χ1n) is 4.35. The Bertz CT molecular complexity index is 360. The molecule has 1 rings (SSSR count). The van der Waals surface area contributed by atoms with Crippen molar-refractivity contribution in [3.8, 4) is 0 Å². The van der Waals surface area contributed by atoms with Crippen LogP contribution in [0.4, 0.5) is 13.2 Å². The van der Waals surface area contributed by atoms with Crippen LogP contribution in [0.15, 0.2) is 18.2 Å². The maximum atomic E-state index is 13.2. The number of hydrogen-bond acceptors (Lipinski definition) is 1. The largest absolute Gasteiger partial charge is 1.00 e. The van der Waals surface area contributed by atoms with Crippen LogP contribution in [0.25, 0.3) is 5.73 Å². The monoisotopic (exact) mass is 257 g/mol. The first kappa shape index (κ1) is 16.6. The molecule has 16 heavy (non-hydrogen) atoms. The molecule has 0 saturated heterocycles. The first-order valence-corrected chi connectivity index (χ1v) is 4.35. The molecule has 0 aliphatic rings.